The highest BCUT2D eigenvalue weighted by Crippen LogP contribution is 2.42. The lowest BCUT2D eigenvalue weighted by molar-refractivity contribution is 0.103. The van der Waals surface area contributed by atoms with Crippen LogP contribution in [0.1, 0.15) is 66.2 Å². The van der Waals surface area contributed by atoms with Gasteiger partial charge < -0.3 is 4.90 Å². The Hall–Kier alpha value is -0.590. The van der Waals surface area contributed by atoms with Crippen LogP contribution in [0.2, 0.25) is 0 Å². The zero-order valence-corrected chi connectivity index (χ0v) is 14.6. The first-order chi connectivity index (χ1) is 9.78. The van der Waals surface area contributed by atoms with Crippen molar-refractivity contribution in [1.82, 2.24) is 10.2 Å². The molecule has 0 aliphatic heterocycles. The van der Waals surface area contributed by atoms with Gasteiger partial charge in [0, 0.05) is 18.6 Å². The van der Waals surface area contributed by atoms with Gasteiger partial charge in [0.2, 0.25) is 0 Å². The van der Waals surface area contributed by atoms with E-state index in [-0.39, 0.29) is 5.54 Å². The molecule has 21 heavy (non-hydrogen) atoms. The Balaban J connectivity index is 1.98. The van der Waals surface area contributed by atoms with Crippen molar-refractivity contribution in [3.8, 4) is 6.07 Å². The molecular weight excluding hydrogens is 258 g/mol. The summed E-state index contributed by atoms with van der Waals surface area (Å²) in [4.78, 5) is 2.46. The molecule has 0 aromatic carbocycles. The highest BCUT2D eigenvalue weighted by atomic mass is 15.2. The van der Waals surface area contributed by atoms with Crippen LogP contribution in [0.15, 0.2) is 0 Å². The minimum Gasteiger partial charge on any atom is -0.301 e. The quantitative estimate of drug-likeness (QED) is 0.813. The second-order valence-electron chi connectivity index (χ2n) is 8.47. The van der Waals surface area contributed by atoms with Crippen LogP contribution in [-0.2, 0) is 0 Å². The van der Waals surface area contributed by atoms with E-state index in [0.717, 1.165) is 6.54 Å². The number of hydrogen-bond acceptors (Lipinski definition) is 3. The maximum Gasteiger partial charge on any atom is 0.122 e. The first-order valence-electron chi connectivity index (χ1n) is 8.67. The lowest BCUT2D eigenvalue weighted by Gasteiger charge is -2.42. The highest BCUT2D eigenvalue weighted by Gasteiger charge is 2.47. The van der Waals surface area contributed by atoms with Gasteiger partial charge in [-0.15, -0.1) is 0 Å². The molecule has 0 heterocycles. The number of rotatable bonds is 6. The summed E-state index contributed by atoms with van der Waals surface area (Å²) in [6, 6.07) is 3.66. The number of nitrogens with one attached hydrogen (secondary N) is 1. The van der Waals surface area contributed by atoms with E-state index in [2.05, 4.69) is 51.0 Å². The molecule has 1 unspecified atom stereocenters. The molecule has 2 fully saturated rings. The van der Waals surface area contributed by atoms with Crippen molar-refractivity contribution in [2.24, 2.45) is 11.3 Å². The molecular formula is C18H33N3. The van der Waals surface area contributed by atoms with Gasteiger partial charge in [0.05, 0.1) is 6.07 Å². The van der Waals surface area contributed by atoms with Crippen LogP contribution in [0.25, 0.3) is 0 Å². The van der Waals surface area contributed by atoms with Crippen molar-refractivity contribution in [2.75, 3.05) is 13.6 Å². The number of nitriles is 1. The van der Waals surface area contributed by atoms with Gasteiger partial charge in [-0.1, -0.05) is 13.8 Å². The first kappa shape index (κ1) is 16.8. The molecule has 0 aromatic rings. The average Bonchev–Trinajstić information content (AvgIpc) is 3.21. The summed E-state index contributed by atoms with van der Waals surface area (Å²) in [7, 11) is 2.22. The van der Waals surface area contributed by atoms with Crippen LogP contribution in [0.3, 0.4) is 0 Å². The largest absolute Gasteiger partial charge is 0.301 e. The highest BCUT2D eigenvalue weighted by molar-refractivity contribution is 5.17. The van der Waals surface area contributed by atoms with Crippen LogP contribution in [0.4, 0.5) is 0 Å². The molecule has 0 saturated heterocycles. The van der Waals surface area contributed by atoms with Crippen LogP contribution >= 0.6 is 0 Å². The van der Waals surface area contributed by atoms with E-state index in [1.807, 2.05) is 0 Å². The van der Waals surface area contributed by atoms with Crippen molar-refractivity contribution in [1.29, 1.82) is 5.26 Å². The Kier molecular flexibility index (Phi) is 5.00. The van der Waals surface area contributed by atoms with E-state index in [9.17, 15) is 5.26 Å². The molecule has 0 radical (unpaired) electrons. The maximum atomic E-state index is 9.83. The van der Waals surface area contributed by atoms with Gasteiger partial charge in [0.1, 0.15) is 5.54 Å². The zero-order valence-electron chi connectivity index (χ0n) is 14.6. The van der Waals surface area contributed by atoms with Crippen LogP contribution in [0, 0.1) is 22.7 Å². The van der Waals surface area contributed by atoms with Gasteiger partial charge in [-0.25, -0.2) is 0 Å². The van der Waals surface area contributed by atoms with E-state index < -0.39 is 0 Å². The molecule has 0 bridgehead atoms. The van der Waals surface area contributed by atoms with Crippen molar-refractivity contribution in [3.63, 3.8) is 0 Å². The molecule has 2 rings (SSSR count). The molecule has 3 heteroatoms. The molecule has 3 nitrogen and oxygen atoms in total. The van der Waals surface area contributed by atoms with E-state index in [1.165, 1.54) is 38.5 Å². The van der Waals surface area contributed by atoms with Gasteiger partial charge in [-0.2, -0.15) is 5.26 Å². The summed E-state index contributed by atoms with van der Waals surface area (Å²) in [5.74, 6) is 0.549. The smallest absolute Gasteiger partial charge is 0.122 e. The Bertz CT molecular complexity index is 382. The van der Waals surface area contributed by atoms with Crippen LogP contribution in [-0.4, -0.2) is 36.1 Å². The van der Waals surface area contributed by atoms with E-state index >= 15 is 0 Å². The fourth-order valence-corrected chi connectivity index (χ4v) is 3.89. The van der Waals surface area contributed by atoms with E-state index in [0.29, 0.717) is 23.4 Å². The van der Waals surface area contributed by atoms with Gasteiger partial charge in [-0.3, -0.25) is 5.32 Å². The number of nitrogens with zero attached hydrogens (tertiary/aromatic N) is 2. The third-order valence-electron chi connectivity index (χ3n) is 5.45. The predicted molar refractivity (Wildman–Crippen MR) is 88.0 cm³/mol. The van der Waals surface area contributed by atoms with Crippen molar-refractivity contribution < 1.29 is 0 Å². The van der Waals surface area contributed by atoms with Crippen molar-refractivity contribution in [3.05, 3.63) is 0 Å². The Morgan fingerprint density at radius 3 is 2.24 bits per heavy atom. The average molecular weight is 291 g/mol. The topological polar surface area (TPSA) is 39.1 Å². The van der Waals surface area contributed by atoms with Crippen LogP contribution < -0.4 is 5.32 Å². The molecule has 120 valence electrons. The van der Waals surface area contributed by atoms with Gasteiger partial charge in [0.25, 0.3) is 0 Å². The maximum absolute atomic E-state index is 9.83. The summed E-state index contributed by atoms with van der Waals surface area (Å²) in [6.45, 7) is 9.94. The van der Waals surface area contributed by atoms with Gasteiger partial charge in [-0.05, 0) is 70.8 Å². The van der Waals surface area contributed by atoms with Crippen molar-refractivity contribution >= 4 is 0 Å². The summed E-state index contributed by atoms with van der Waals surface area (Å²) in [6.07, 6.45) is 7.58. The fourth-order valence-electron chi connectivity index (χ4n) is 3.89. The first-order valence-corrected chi connectivity index (χ1v) is 8.67. The minimum absolute atomic E-state index is 0.337. The molecule has 1 N–H and O–H groups in total. The second kappa shape index (κ2) is 6.26. The summed E-state index contributed by atoms with van der Waals surface area (Å²) >= 11 is 0. The predicted octanol–water partition coefficient (Wildman–Crippen LogP) is 3.56. The minimum atomic E-state index is -0.337. The molecule has 2 aliphatic rings. The van der Waals surface area contributed by atoms with Gasteiger partial charge >= 0.3 is 0 Å². The summed E-state index contributed by atoms with van der Waals surface area (Å²) in [5, 5.41) is 13.4. The Morgan fingerprint density at radius 2 is 1.81 bits per heavy atom. The van der Waals surface area contributed by atoms with Gasteiger partial charge in [0.15, 0.2) is 0 Å². The standard InChI is InChI=1S/C18H33N3/c1-14(2)20-18(12-19,15-6-7-15)13-21(5)16-8-10-17(3,4)11-9-16/h14-16,20H,6-11,13H2,1-5H3. The molecule has 2 aliphatic carbocycles. The summed E-state index contributed by atoms with van der Waals surface area (Å²) < 4.78 is 0. The fraction of sp³-hybridized carbons (Fsp3) is 0.944. The molecule has 0 amide bonds. The zero-order chi connectivity index (χ0) is 15.7. The Morgan fingerprint density at radius 1 is 1.24 bits per heavy atom. The third kappa shape index (κ3) is 4.20. The van der Waals surface area contributed by atoms with E-state index in [1.54, 1.807) is 0 Å². The molecule has 1 atom stereocenters. The normalized spacial score (nSPS) is 25.8. The van der Waals surface area contributed by atoms with Crippen LogP contribution in [0.5, 0.6) is 0 Å². The SMILES string of the molecule is CC(C)NC(C#N)(CN(C)C1CCC(C)(C)CC1)C1CC1. The number of hydrogen-bond donors (Lipinski definition) is 1. The molecule has 0 spiro atoms. The third-order valence-corrected chi connectivity index (χ3v) is 5.45. The van der Waals surface area contributed by atoms with E-state index in [4.69, 9.17) is 0 Å². The van der Waals surface area contributed by atoms with Crippen molar-refractivity contribution in [2.45, 2.75) is 83.8 Å². The summed E-state index contributed by atoms with van der Waals surface area (Å²) in [5.41, 5.74) is 0.173. The molecule has 2 saturated carbocycles. The lowest BCUT2D eigenvalue weighted by atomic mass is 9.75. The lowest BCUT2D eigenvalue weighted by Crippen LogP contribution is -2.57. The monoisotopic (exact) mass is 291 g/mol. The number of likely N-dealkylation sites (N-methyl/N-ethyl adjacent to an activating group) is 1. The second-order valence-corrected chi connectivity index (χ2v) is 8.47. The molecule has 0 aromatic heterocycles. The Labute approximate surface area is 131 Å².